The van der Waals surface area contributed by atoms with Gasteiger partial charge in [-0.25, -0.2) is 9.78 Å². The SMILES string of the molecule is COC(CNC(=O)CCc1ncc(-c2ccccc2)o1)C(=O)O. The van der Waals surface area contributed by atoms with Gasteiger partial charge in [-0.3, -0.25) is 4.79 Å². The monoisotopic (exact) mass is 318 g/mol. The van der Waals surface area contributed by atoms with E-state index in [2.05, 4.69) is 10.3 Å². The van der Waals surface area contributed by atoms with Gasteiger partial charge in [0.05, 0.1) is 12.7 Å². The molecule has 0 radical (unpaired) electrons. The van der Waals surface area contributed by atoms with E-state index >= 15 is 0 Å². The third-order valence-electron chi connectivity index (χ3n) is 3.22. The van der Waals surface area contributed by atoms with Crippen molar-refractivity contribution in [2.75, 3.05) is 13.7 Å². The van der Waals surface area contributed by atoms with E-state index < -0.39 is 12.1 Å². The zero-order chi connectivity index (χ0) is 16.7. The Labute approximate surface area is 133 Å². The Morgan fingerprint density at radius 3 is 2.74 bits per heavy atom. The van der Waals surface area contributed by atoms with Crippen LogP contribution >= 0.6 is 0 Å². The molecule has 7 nitrogen and oxygen atoms in total. The minimum Gasteiger partial charge on any atom is -0.479 e. The van der Waals surface area contributed by atoms with Gasteiger partial charge in [-0.05, 0) is 0 Å². The number of aliphatic carboxylic acids is 1. The first-order chi connectivity index (χ1) is 11.1. The molecule has 0 aliphatic heterocycles. The van der Waals surface area contributed by atoms with Gasteiger partial charge in [-0.15, -0.1) is 0 Å². The van der Waals surface area contributed by atoms with Crippen LogP contribution in [0.1, 0.15) is 12.3 Å². The highest BCUT2D eigenvalue weighted by atomic mass is 16.5. The minimum absolute atomic E-state index is 0.0779. The van der Waals surface area contributed by atoms with Crippen molar-refractivity contribution < 1.29 is 23.8 Å². The molecule has 122 valence electrons. The van der Waals surface area contributed by atoms with Crippen molar-refractivity contribution in [2.45, 2.75) is 18.9 Å². The van der Waals surface area contributed by atoms with E-state index in [9.17, 15) is 9.59 Å². The summed E-state index contributed by atoms with van der Waals surface area (Å²) in [6.07, 6.45) is 1.06. The Hall–Kier alpha value is -2.67. The van der Waals surface area contributed by atoms with Crippen molar-refractivity contribution in [3.63, 3.8) is 0 Å². The predicted molar refractivity (Wildman–Crippen MR) is 81.7 cm³/mol. The lowest BCUT2D eigenvalue weighted by atomic mass is 10.2. The summed E-state index contributed by atoms with van der Waals surface area (Å²) in [5, 5.41) is 11.3. The second kappa shape index (κ2) is 8.09. The Kier molecular flexibility index (Phi) is 5.87. The molecule has 2 N–H and O–H groups in total. The smallest absolute Gasteiger partial charge is 0.334 e. The number of aromatic nitrogens is 1. The maximum Gasteiger partial charge on any atom is 0.334 e. The normalized spacial score (nSPS) is 11.9. The summed E-state index contributed by atoms with van der Waals surface area (Å²) >= 11 is 0. The molecule has 7 heteroatoms. The van der Waals surface area contributed by atoms with Crippen LogP contribution in [-0.4, -0.2) is 41.7 Å². The maximum absolute atomic E-state index is 11.7. The van der Waals surface area contributed by atoms with Gasteiger partial charge in [-0.1, -0.05) is 30.3 Å². The van der Waals surface area contributed by atoms with Gasteiger partial charge < -0.3 is 19.6 Å². The minimum atomic E-state index is -1.12. The molecule has 0 fully saturated rings. The van der Waals surface area contributed by atoms with Gasteiger partial charge in [0.2, 0.25) is 5.91 Å². The summed E-state index contributed by atoms with van der Waals surface area (Å²) in [5.41, 5.74) is 0.917. The van der Waals surface area contributed by atoms with Crippen LogP contribution < -0.4 is 5.32 Å². The van der Waals surface area contributed by atoms with Gasteiger partial charge in [0, 0.05) is 25.5 Å². The summed E-state index contributed by atoms with van der Waals surface area (Å²) in [5.74, 6) is -0.298. The average molecular weight is 318 g/mol. The lowest BCUT2D eigenvalue weighted by molar-refractivity contribution is -0.148. The van der Waals surface area contributed by atoms with E-state index in [1.54, 1.807) is 6.20 Å². The number of hydrogen-bond acceptors (Lipinski definition) is 5. The first kappa shape index (κ1) is 16.7. The number of aryl methyl sites for hydroxylation is 1. The molecule has 0 aliphatic carbocycles. The highest BCUT2D eigenvalue weighted by molar-refractivity contribution is 5.78. The lowest BCUT2D eigenvalue weighted by Crippen LogP contribution is -2.37. The van der Waals surface area contributed by atoms with E-state index in [-0.39, 0.29) is 18.9 Å². The van der Waals surface area contributed by atoms with Gasteiger partial charge in [-0.2, -0.15) is 0 Å². The lowest BCUT2D eigenvalue weighted by Gasteiger charge is -2.11. The highest BCUT2D eigenvalue weighted by Gasteiger charge is 2.17. The van der Waals surface area contributed by atoms with Crippen LogP contribution in [0.2, 0.25) is 0 Å². The van der Waals surface area contributed by atoms with Crippen LogP contribution in [0.25, 0.3) is 11.3 Å². The standard InChI is InChI=1S/C16H18N2O5/c1-22-13(16(20)21)10-17-14(19)7-8-15-18-9-12(23-15)11-5-3-2-4-6-11/h2-6,9,13H,7-8,10H2,1H3,(H,17,19)(H,20,21). The van der Waals surface area contributed by atoms with E-state index in [0.29, 0.717) is 18.1 Å². The maximum atomic E-state index is 11.7. The van der Waals surface area contributed by atoms with E-state index in [4.69, 9.17) is 14.3 Å². The fraction of sp³-hybridized carbons (Fsp3) is 0.312. The fourth-order valence-electron chi connectivity index (χ4n) is 1.95. The Morgan fingerprint density at radius 1 is 1.35 bits per heavy atom. The Bertz CT molecular complexity index is 654. The Balaban J connectivity index is 1.81. The van der Waals surface area contributed by atoms with Gasteiger partial charge >= 0.3 is 5.97 Å². The molecule has 2 rings (SSSR count). The molecule has 2 aromatic rings. The van der Waals surface area contributed by atoms with E-state index in [1.165, 1.54) is 7.11 Å². The second-order valence-electron chi connectivity index (χ2n) is 4.85. The van der Waals surface area contributed by atoms with Crippen LogP contribution in [0.15, 0.2) is 40.9 Å². The molecule has 0 saturated carbocycles. The highest BCUT2D eigenvalue weighted by Crippen LogP contribution is 2.20. The number of ether oxygens (including phenoxy) is 1. The van der Waals surface area contributed by atoms with Crippen molar-refractivity contribution in [3.05, 3.63) is 42.4 Å². The second-order valence-corrected chi connectivity index (χ2v) is 4.85. The summed E-state index contributed by atoms with van der Waals surface area (Å²) in [6, 6.07) is 9.54. The van der Waals surface area contributed by atoms with Crippen molar-refractivity contribution >= 4 is 11.9 Å². The number of rotatable bonds is 8. The molecule has 1 aromatic carbocycles. The number of carbonyl (C=O) groups is 2. The van der Waals surface area contributed by atoms with Gasteiger partial charge in [0.15, 0.2) is 17.8 Å². The molecule has 1 heterocycles. The largest absolute Gasteiger partial charge is 0.479 e. The zero-order valence-corrected chi connectivity index (χ0v) is 12.7. The number of oxazole rings is 1. The zero-order valence-electron chi connectivity index (χ0n) is 12.7. The third-order valence-corrected chi connectivity index (χ3v) is 3.22. The molecule has 0 bridgehead atoms. The topological polar surface area (TPSA) is 102 Å². The first-order valence-electron chi connectivity index (χ1n) is 7.12. The van der Waals surface area contributed by atoms with Crippen molar-refractivity contribution in [1.29, 1.82) is 0 Å². The molecule has 0 aliphatic rings. The van der Waals surface area contributed by atoms with Crippen LogP contribution in [0.3, 0.4) is 0 Å². The molecule has 1 amide bonds. The molecular weight excluding hydrogens is 300 g/mol. The number of hydrogen-bond donors (Lipinski definition) is 2. The predicted octanol–water partition coefficient (Wildman–Crippen LogP) is 1.49. The first-order valence-corrected chi connectivity index (χ1v) is 7.12. The summed E-state index contributed by atoms with van der Waals surface area (Å²) in [6.45, 7) is -0.0779. The molecule has 1 aromatic heterocycles. The molecule has 23 heavy (non-hydrogen) atoms. The average Bonchev–Trinajstić information content (AvgIpc) is 3.03. The Morgan fingerprint density at radius 2 is 2.09 bits per heavy atom. The number of nitrogens with one attached hydrogen (secondary N) is 1. The van der Waals surface area contributed by atoms with Crippen LogP contribution in [0.5, 0.6) is 0 Å². The van der Waals surface area contributed by atoms with Crippen molar-refractivity contribution in [3.8, 4) is 11.3 Å². The molecule has 1 unspecified atom stereocenters. The van der Waals surface area contributed by atoms with Crippen LogP contribution in [-0.2, 0) is 20.7 Å². The van der Waals surface area contributed by atoms with Crippen molar-refractivity contribution in [2.24, 2.45) is 0 Å². The molecule has 1 atom stereocenters. The number of carboxylic acid groups (broad SMARTS) is 1. The van der Waals surface area contributed by atoms with Gasteiger partial charge in [0.1, 0.15) is 0 Å². The van der Waals surface area contributed by atoms with Crippen molar-refractivity contribution in [1.82, 2.24) is 10.3 Å². The van der Waals surface area contributed by atoms with Crippen LogP contribution in [0, 0.1) is 0 Å². The third kappa shape index (κ3) is 4.93. The summed E-state index contributed by atoms with van der Waals surface area (Å²) in [7, 11) is 1.28. The van der Waals surface area contributed by atoms with Gasteiger partial charge in [0.25, 0.3) is 0 Å². The molecule has 0 spiro atoms. The number of nitrogens with zero attached hydrogens (tertiary/aromatic N) is 1. The number of carbonyl (C=O) groups excluding carboxylic acids is 1. The number of benzene rings is 1. The van der Waals surface area contributed by atoms with E-state index in [1.807, 2.05) is 30.3 Å². The van der Waals surface area contributed by atoms with E-state index in [0.717, 1.165) is 5.56 Å². The molecular formula is C16H18N2O5. The summed E-state index contributed by atoms with van der Waals surface area (Å²) in [4.78, 5) is 26.6. The number of methoxy groups -OCH3 is 1. The number of carboxylic acids is 1. The summed E-state index contributed by atoms with van der Waals surface area (Å²) < 4.78 is 10.3. The fourth-order valence-corrected chi connectivity index (χ4v) is 1.95. The van der Waals surface area contributed by atoms with Crippen LogP contribution in [0.4, 0.5) is 0 Å². The molecule has 0 saturated heterocycles. The quantitative estimate of drug-likeness (QED) is 0.764. The number of amides is 1.